The minimum atomic E-state index is -4.25. The largest absolute Gasteiger partial charge is 0.492 e. The summed E-state index contributed by atoms with van der Waals surface area (Å²) in [5.74, 6) is -2.60. The number of sulfonamides is 2. The van der Waals surface area contributed by atoms with E-state index in [0.29, 0.717) is 4.31 Å². The molecular weight excluding hydrogens is 400 g/mol. The van der Waals surface area contributed by atoms with E-state index in [0.717, 1.165) is 13.2 Å². The Kier molecular flexibility index (Phi) is 6.12. The SMILES string of the molecule is CCOc1ccc(N2C(=O)C(C)CS2(=O)=O)cc1S(=O)(=O)NCC(=O)OC. The Bertz CT molecular complexity index is 956. The molecular formula is C15H20N2O8S2. The van der Waals surface area contributed by atoms with Crippen LogP contribution in [0.1, 0.15) is 13.8 Å². The highest BCUT2D eigenvalue weighted by Gasteiger charge is 2.42. The second-order valence-corrected chi connectivity index (χ2v) is 9.34. The summed E-state index contributed by atoms with van der Waals surface area (Å²) in [6, 6.07) is 3.58. The van der Waals surface area contributed by atoms with Crippen molar-refractivity contribution < 1.29 is 35.9 Å². The first-order valence-electron chi connectivity index (χ1n) is 7.93. The lowest BCUT2D eigenvalue weighted by atomic mass is 10.2. The number of methoxy groups -OCH3 is 1. The maximum absolute atomic E-state index is 12.6. The third-order valence-electron chi connectivity index (χ3n) is 3.75. The van der Waals surface area contributed by atoms with E-state index >= 15 is 0 Å². The number of hydrogen-bond donors (Lipinski definition) is 1. The fourth-order valence-corrected chi connectivity index (χ4v) is 5.44. The first kappa shape index (κ1) is 21.1. The maximum atomic E-state index is 12.6. The monoisotopic (exact) mass is 420 g/mol. The predicted molar refractivity (Wildman–Crippen MR) is 95.3 cm³/mol. The van der Waals surface area contributed by atoms with Gasteiger partial charge in [0.15, 0.2) is 0 Å². The van der Waals surface area contributed by atoms with Crippen molar-refractivity contribution in [1.82, 2.24) is 4.72 Å². The van der Waals surface area contributed by atoms with Crippen molar-refractivity contribution in [2.75, 3.05) is 30.3 Å². The molecule has 0 bridgehead atoms. The highest BCUT2D eigenvalue weighted by molar-refractivity contribution is 7.94. The van der Waals surface area contributed by atoms with Crippen LogP contribution in [0.15, 0.2) is 23.1 Å². The van der Waals surface area contributed by atoms with Crippen LogP contribution in [0.25, 0.3) is 0 Å². The summed E-state index contributed by atoms with van der Waals surface area (Å²) in [5.41, 5.74) is -0.119. The number of ether oxygens (including phenoxy) is 2. The van der Waals surface area contributed by atoms with Gasteiger partial charge in [0.1, 0.15) is 17.2 Å². The van der Waals surface area contributed by atoms with Crippen molar-refractivity contribution in [2.45, 2.75) is 18.7 Å². The average Bonchev–Trinajstić information content (AvgIpc) is 2.80. The molecule has 1 aromatic carbocycles. The minimum Gasteiger partial charge on any atom is -0.492 e. The van der Waals surface area contributed by atoms with Gasteiger partial charge in [-0.05, 0) is 25.1 Å². The molecule has 12 heteroatoms. The number of nitrogens with zero attached hydrogens (tertiary/aromatic N) is 1. The van der Waals surface area contributed by atoms with Gasteiger partial charge in [0.25, 0.3) is 0 Å². The second kappa shape index (κ2) is 7.82. The molecule has 0 radical (unpaired) electrons. The molecule has 0 aliphatic carbocycles. The predicted octanol–water partition coefficient (Wildman–Crippen LogP) is -0.151. The van der Waals surface area contributed by atoms with E-state index in [1.54, 1.807) is 6.92 Å². The number of esters is 1. The van der Waals surface area contributed by atoms with Crippen molar-refractivity contribution in [2.24, 2.45) is 5.92 Å². The number of rotatable bonds is 7. The van der Waals surface area contributed by atoms with E-state index in [1.807, 2.05) is 4.72 Å². The van der Waals surface area contributed by atoms with Gasteiger partial charge in [-0.2, -0.15) is 4.72 Å². The van der Waals surface area contributed by atoms with Crippen LogP contribution in [-0.2, 0) is 34.4 Å². The third-order valence-corrected chi connectivity index (χ3v) is 7.04. The standard InChI is InChI=1S/C15H20N2O8S2/c1-4-25-12-6-5-11(17-15(19)10(2)9-26(17,20)21)7-13(12)27(22,23)16-8-14(18)24-3/h5-7,10,16H,4,8-9H2,1-3H3. The van der Waals surface area contributed by atoms with Gasteiger partial charge in [-0.3, -0.25) is 9.59 Å². The molecule has 1 N–H and O–H groups in total. The Morgan fingerprint density at radius 3 is 2.56 bits per heavy atom. The van der Waals surface area contributed by atoms with Crippen molar-refractivity contribution >= 4 is 37.6 Å². The molecule has 1 unspecified atom stereocenters. The zero-order chi connectivity index (χ0) is 20.4. The van der Waals surface area contributed by atoms with E-state index in [9.17, 15) is 26.4 Å². The Balaban J connectivity index is 2.52. The van der Waals surface area contributed by atoms with Crippen LogP contribution in [0.4, 0.5) is 5.69 Å². The Morgan fingerprint density at radius 1 is 1.37 bits per heavy atom. The maximum Gasteiger partial charge on any atom is 0.320 e. The van der Waals surface area contributed by atoms with E-state index in [2.05, 4.69) is 4.74 Å². The van der Waals surface area contributed by atoms with Gasteiger partial charge in [-0.25, -0.2) is 21.1 Å². The van der Waals surface area contributed by atoms with Crippen LogP contribution in [-0.4, -0.2) is 54.7 Å². The topological polar surface area (TPSA) is 136 Å². The third kappa shape index (κ3) is 4.39. The zero-order valence-electron chi connectivity index (χ0n) is 15.0. The second-order valence-electron chi connectivity index (χ2n) is 5.75. The summed E-state index contributed by atoms with van der Waals surface area (Å²) in [5, 5.41) is 0. The first-order chi connectivity index (χ1) is 12.5. The van der Waals surface area contributed by atoms with Gasteiger partial charge >= 0.3 is 5.97 Å². The van der Waals surface area contributed by atoms with Crippen molar-refractivity contribution in [1.29, 1.82) is 0 Å². The molecule has 1 aliphatic heterocycles. The van der Waals surface area contributed by atoms with Crippen LogP contribution in [0.3, 0.4) is 0 Å². The summed E-state index contributed by atoms with van der Waals surface area (Å²) in [6.07, 6.45) is 0. The summed E-state index contributed by atoms with van der Waals surface area (Å²) < 4.78 is 62.0. The highest BCUT2D eigenvalue weighted by atomic mass is 32.2. The van der Waals surface area contributed by atoms with Gasteiger partial charge in [-0.15, -0.1) is 0 Å². The quantitative estimate of drug-likeness (QED) is 0.602. The molecule has 0 spiro atoms. The molecule has 1 fully saturated rings. The normalized spacial score (nSPS) is 19.1. The molecule has 1 amide bonds. The van der Waals surface area contributed by atoms with Gasteiger partial charge in [0.2, 0.25) is 26.0 Å². The number of benzene rings is 1. The highest BCUT2D eigenvalue weighted by Crippen LogP contribution is 2.33. The lowest BCUT2D eigenvalue weighted by molar-refractivity contribution is -0.139. The zero-order valence-corrected chi connectivity index (χ0v) is 16.6. The van der Waals surface area contributed by atoms with Crippen molar-refractivity contribution in [3.05, 3.63) is 18.2 Å². The lowest BCUT2D eigenvalue weighted by Crippen LogP contribution is -2.32. The Labute approximate surface area is 157 Å². The minimum absolute atomic E-state index is 0.0456. The molecule has 150 valence electrons. The molecule has 10 nitrogen and oxygen atoms in total. The molecule has 1 atom stereocenters. The number of amides is 1. The van der Waals surface area contributed by atoms with Crippen LogP contribution in [0.2, 0.25) is 0 Å². The molecule has 1 aromatic rings. The van der Waals surface area contributed by atoms with E-state index in [4.69, 9.17) is 4.74 Å². The van der Waals surface area contributed by atoms with Crippen LogP contribution < -0.4 is 13.8 Å². The van der Waals surface area contributed by atoms with E-state index < -0.39 is 49.3 Å². The number of anilines is 1. The van der Waals surface area contributed by atoms with Gasteiger partial charge in [0.05, 0.1) is 31.1 Å². The molecule has 1 aliphatic rings. The van der Waals surface area contributed by atoms with E-state index in [1.165, 1.54) is 19.1 Å². The van der Waals surface area contributed by atoms with Crippen LogP contribution in [0, 0.1) is 5.92 Å². The van der Waals surface area contributed by atoms with E-state index in [-0.39, 0.29) is 23.8 Å². The van der Waals surface area contributed by atoms with Gasteiger partial charge < -0.3 is 9.47 Å². The number of hydrogen-bond acceptors (Lipinski definition) is 8. The first-order valence-corrected chi connectivity index (χ1v) is 11.0. The summed E-state index contributed by atoms with van der Waals surface area (Å²) in [7, 11) is -7.04. The molecule has 2 rings (SSSR count). The Hall–Kier alpha value is -2.18. The smallest absolute Gasteiger partial charge is 0.320 e. The number of nitrogens with one attached hydrogen (secondary N) is 1. The van der Waals surface area contributed by atoms with Gasteiger partial charge in [-0.1, -0.05) is 6.92 Å². The molecule has 1 saturated heterocycles. The summed E-state index contributed by atoms with van der Waals surface area (Å²) in [4.78, 5) is 23.1. The fourth-order valence-electron chi connectivity index (χ4n) is 2.50. The van der Waals surface area contributed by atoms with Crippen molar-refractivity contribution in [3.63, 3.8) is 0 Å². The number of carbonyl (C=O) groups excluding carboxylic acids is 2. The molecule has 27 heavy (non-hydrogen) atoms. The summed E-state index contributed by atoms with van der Waals surface area (Å²) in [6.45, 7) is 2.65. The molecule has 1 heterocycles. The van der Waals surface area contributed by atoms with Gasteiger partial charge in [0, 0.05) is 0 Å². The van der Waals surface area contributed by atoms with Crippen molar-refractivity contribution in [3.8, 4) is 5.75 Å². The molecule has 0 saturated carbocycles. The van der Waals surface area contributed by atoms with Crippen LogP contribution in [0.5, 0.6) is 5.75 Å². The fraction of sp³-hybridized carbons (Fsp3) is 0.467. The summed E-state index contributed by atoms with van der Waals surface area (Å²) >= 11 is 0. The average molecular weight is 420 g/mol. The Morgan fingerprint density at radius 2 is 2.04 bits per heavy atom. The lowest BCUT2D eigenvalue weighted by Gasteiger charge is -2.18. The van der Waals surface area contributed by atoms with Crippen LogP contribution >= 0.6 is 0 Å². The number of carbonyl (C=O) groups is 2. The molecule has 0 aromatic heterocycles.